The number of benzene rings is 3. The van der Waals surface area contributed by atoms with Crippen molar-refractivity contribution in [1.29, 1.82) is 0 Å². The number of rotatable bonds is 6. The number of hydrogen-bond donors (Lipinski definition) is 1. The van der Waals surface area contributed by atoms with E-state index in [0.29, 0.717) is 34.8 Å². The second-order valence-electron chi connectivity index (χ2n) is 8.25. The normalized spacial score (nSPS) is 15.9. The van der Waals surface area contributed by atoms with Gasteiger partial charge in [-0.25, -0.2) is 9.18 Å². The van der Waals surface area contributed by atoms with E-state index in [2.05, 4.69) is 15.5 Å². The number of halogens is 2. The molecule has 176 valence electrons. The molecule has 0 saturated heterocycles. The Morgan fingerprint density at radius 2 is 1.83 bits per heavy atom. The fourth-order valence-corrected chi connectivity index (χ4v) is 4.32. The molecule has 0 saturated carbocycles. The van der Waals surface area contributed by atoms with Crippen molar-refractivity contribution in [2.75, 3.05) is 6.54 Å². The molecule has 1 aromatic heterocycles. The van der Waals surface area contributed by atoms with Crippen LogP contribution in [0, 0.1) is 5.82 Å². The van der Waals surface area contributed by atoms with E-state index in [1.54, 1.807) is 29.2 Å². The lowest BCUT2D eigenvalue weighted by Crippen LogP contribution is -2.46. The zero-order chi connectivity index (χ0) is 24.4. The van der Waals surface area contributed by atoms with Gasteiger partial charge in [0.25, 0.3) is 5.89 Å². The molecule has 2 heterocycles. The highest BCUT2D eigenvalue weighted by molar-refractivity contribution is 6.30. The Hall–Kier alpha value is -3.97. The molecule has 1 aliphatic heterocycles. The summed E-state index contributed by atoms with van der Waals surface area (Å²) >= 11 is 6.09. The first-order valence-corrected chi connectivity index (χ1v) is 11.6. The van der Waals surface area contributed by atoms with E-state index in [9.17, 15) is 9.18 Å². The van der Waals surface area contributed by atoms with Gasteiger partial charge in [-0.3, -0.25) is 4.90 Å². The Bertz CT molecular complexity index is 1390. The van der Waals surface area contributed by atoms with Crippen LogP contribution in [0.1, 0.15) is 30.0 Å². The van der Waals surface area contributed by atoms with Gasteiger partial charge in [-0.1, -0.05) is 71.4 Å². The number of carbonyl (C=O) groups excluding carboxylic acids is 1. The molecular formula is C27H22ClFN4O2. The Balaban J connectivity index is 1.55. The quantitative estimate of drug-likeness (QED) is 0.347. The average molecular weight is 489 g/mol. The summed E-state index contributed by atoms with van der Waals surface area (Å²) in [5.41, 5.74) is 3.84. The van der Waals surface area contributed by atoms with Gasteiger partial charge >= 0.3 is 6.03 Å². The summed E-state index contributed by atoms with van der Waals surface area (Å²) in [6.45, 7) is 2.34. The van der Waals surface area contributed by atoms with Crippen molar-refractivity contribution in [2.24, 2.45) is 0 Å². The number of nitrogens with one attached hydrogen (secondary N) is 1. The van der Waals surface area contributed by atoms with Crippen LogP contribution in [0.5, 0.6) is 0 Å². The van der Waals surface area contributed by atoms with Crippen LogP contribution >= 0.6 is 11.6 Å². The zero-order valence-electron chi connectivity index (χ0n) is 18.9. The van der Waals surface area contributed by atoms with Gasteiger partial charge in [0.15, 0.2) is 0 Å². The molecule has 0 radical (unpaired) electrons. The van der Waals surface area contributed by atoms with Crippen LogP contribution in [-0.4, -0.2) is 27.6 Å². The summed E-state index contributed by atoms with van der Waals surface area (Å²) in [7, 11) is 0. The van der Waals surface area contributed by atoms with Crippen molar-refractivity contribution in [2.45, 2.75) is 19.4 Å². The molecule has 0 bridgehead atoms. The summed E-state index contributed by atoms with van der Waals surface area (Å²) in [6.07, 6.45) is 0.683. The van der Waals surface area contributed by atoms with Gasteiger partial charge < -0.3 is 9.84 Å². The molecule has 2 amide bonds. The lowest BCUT2D eigenvalue weighted by atomic mass is 9.94. The lowest BCUT2D eigenvalue weighted by Gasteiger charge is -2.35. The summed E-state index contributed by atoms with van der Waals surface area (Å²) in [5.74, 6) is 0.133. The maximum Gasteiger partial charge on any atom is 0.322 e. The van der Waals surface area contributed by atoms with Crippen LogP contribution in [0.2, 0.25) is 5.02 Å². The van der Waals surface area contributed by atoms with Crippen LogP contribution in [0.15, 0.2) is 89.1 Å². The molecule has 1 aliphatic rings. The molecule has 4 aromatic rings. The van der Waals surface area contributed by atoms with Crippen LogP contribution in [0.4, 0.5) is 9.18 Å². The third kappa shape index (κ3) is 4.81. The van der Waals surface area contributed by atoms with Crippen LogP contribution in [0.25, 0.3) is 17.0 Å². The van der Waals surface area contributed by atoms with Gasteiger partial charge in [0.05, 0.1) is 11.6 Å². The van der Waals surface area contributed by atoms with E-state index in [1.165, 1.54) is 12.1 Å². The Morgan fingerprint density at radius 1 is 1.06 bits per heavy atom. The van der Waals surface area contributed by atoms with Crippen molar-refractivity contribution in [3.8, 4) is 11.4 Å². The highest BCUT2D eigenvalue weighted by Gasteiger charge is 2.35. The van der Waals surface area contributed by atoms with Gasteiger partial charge in [0.1, 0.15) is 5.82 Å². The third-order valence-corrected chi connectivity index (χ3v) is 6.26. The summed E-state index contributed by atoms with van der Waals surface area (Å²) in [4.78, 5) is 19.4. The van der Waals surface area contributed by atoms with Crippen molar-refractivity contribution in [1.82, 2.24) is 20.4 Å². The molecule has 1 N–H and O–H groups in total. The molecule has 1 unspecified atom stereocenters. The van der Waals surface area contributed by atoms with Crippen LogP contribution < -0.4 is 5.32 Å². The van der Waals surface area contributed by atoms with Gasteiger partial charge in [-0.05, 0) is 48.7 Å². The van der Waals surface area contributed by atoms with Gasteiger partial charge in [-0.2, -0.15) is 4.98 Å². The fraction of sp³-hybridized carbons (Fsp3) is 0.148. The Labute approximate surface area is 207 Å². The first kappa shape index (κ1) is 22.8. The van der Waals surface area contributed by atoms with E-state index in [0.717, 1.165) is 11.1 Å². The Morgan fingerprint density at radius 3 is 2.57 bits per heavy atom. The first-order chi connectivity index (χ1) is 17.0. The minimum Gasteiger partial charge on any atom is -0.334 e. The number of allylic oxidation sites excluding steroid dienone is 1. The topological polar surface area (TPSA) is 71.3 Å². The van der Waals surface area contributed by atoms with E-state index in [-0.39, 0.29) is 23.6 Å². The highest BCUT2D eigenvalue weighted by Crippen LogP contribution is 2.37. The largest absolute Gasteiger partial charge is 0.334 e. The predicted octanol–water partition coefficient (Wildman–Crippen LogP) is 6.27. The maximum absolute atomic E-state index is 13.8. The molecule has 0 aliphatic carbocycles. The lowest BCUT2D eigenvalue weighted by molar-refractivity contribution is 0.205. The number of carbonyl (C=O) groups is 1. The summed E-state index contributed by atoms with van der Waals surface area (Å²) in [5, 5.41) is 7.74. The zero-order valence-corrected chi connectivity index (χ0v) is 19.7. The van der Waals surface area contributed by atoms with E-state index >= 15 is 0 Å². The maximum atomic E-state index is 13.8. The molecule has 3 aromatic carbocycles. The predicted molar refractivity (Wildman–Crippen MR) is 132 cm³/mol. The van der Waals surface area contributed by atoms with Gasteiger partial charge in [0.2, 0.25) is 5.82 Å². The SMILES string of the molecule is CC1=C(c2nc(-c3cccc(F)c3)no2)C(c2ccc(Cl)cc2)NC(=O)N1CCc1ccccc1. The summed E-state index contributed by atoms with van der Waals surface area (Å²) in [6, 6.07) is 22.5. The summed E-state index contributed by atoms with van der Waals surface area (Å²) < 4.78 is 19.4. The van der Waals surface area contributed by atoms with Crippen LogP contribution in [0.3, 0.4) is 0 Å². The number of amides is 2. The molecular weight excluding hydrogens is 467 g/mol. The average Bonchev–Trinajstić information content (AvgIpc) is 3.34. The smallest absolute Gasteiger partial charge is 0.322 e. The van der Waals surface area contributed by atoms with Crippen molar-refractivity contribution < 1.29 is 13.7 Å². The number of aromatic nitrogens is 2. The van der Waals surface area contributed by atoms with E-state index < -0.39 is 6.04 Å². The van der Waals surface area contributed by atoms with Gasteiger partial charge in [-0.15, -0.1) is 0 Å². The molecule has 8 heteroatoms. The monoisotopic (exact) mass is 488 g/mol. The molecule has 0 fully saturated rings. The van der Waals surface area contributed by atoms with E-state index in [4.69, 9.17) is 16.1 Å². The number of nitrogens with zero attached hydrogens (tertiary/aromatic N) is 3. The van der Waals surface area contributed by atoms with E-state index in [1.807, 2.05) is 49.4 Å². The first-order valence-electron chi connectivity index (χ1n) is 11.2. The second-order valence-corrected chi connectivity index (χ2v) is 8.69. The van der Waals surface area contributed by atoms with Crippen LogP contribution in [-0.2, 0) is 6.42 Å². The molecule has 0 spiro atoms. The van der Waals surface area contributed by atoms with Gasteiger partial charge in [0, 0.05) is 22.8 Å². The molecule has 5 rings (SSSR count). The fourth-order valence-electron chi connectivity index (χ4n) is 4.20. The standard InChI is InChI=1S/C27H22ClFN4O2/c1-17-23(26-31-25(32-35-26)20-8-5-9-22(29)16-20)24(19-10-12-21(28)13-11-19)30-27(34)33(17)15-14-18-6-3-2-4-7-18/h2-13,16,24H,14-15H2,1H3,(H,30,34). The molecule has 6 nitrogen and oxygen atoms in total. The van der Waals surface area contributed by atoms with Crippen molar-refractivity contribution >= 4 is 23.2 Å². The number of urea groups is 1. The van der Waals surface area contributed by atoms with Crippen molar-refractivity contribution in [3.05, 3.63) is 112 Å². The second kappa shape index (κ2) is 9.72. The molecule has 35 heavy (non-hydrogen) atoms. The third-order valence-electron chi connectivity index (χ3n) is 6.01. The number of hydrogen-bond acceptors (Lipinski definition) is 4. The minimum absolute atomic E-state index is 0.216. The minimum atomic E-state index is -0.520. The molecule has 1 atom stereocenters. The van der Waals surface area contributed by atoms with Crippen molar-refractivity contribution in [3.63, 3.8) is 0 Å². The Kier molecular flexibility index (Phi) is 6.33. The highest BCUT2D eigenvalue weighted by atomic mass is 35.5.